The lowest BCUT2D eigenvalue weighted by atomic mass is 9.53. The van der Waals surface area contributed by atoms with Gasteiger partial charge in [-0.1, -0.05) is 81.4 Å². The van der Waals surface area contributed by atoms with Crippen molar-refractivity contribution in [3.8, 4) is 5.75 Å². The predicted molar refractivity (Wildman–Crippen MR) is 209 cm³/mol. The lowest BCUT2D eigenvalue weighted by Gasteiger charge is -2.56. The first-order valence-electron chi connectivity index (χ1n) is 19.3. The van der Waals surface area contributed by atoms with Crippen LogP contribution >= 0.6 is 0 Å². The Bertz CT molecular complexity index is 1610. The minimum atomic E-state index is -2.14. The number of carbonyl (C=O) groups is 1. The molecule has 51 heavy (non-hydrogen) atoms. The zero-order valence-corrected chi connectivity index (χ0v) is 33.2. The third-order valence-corrected chi connectivity index (χ3v) is 16.8. The Kier molecular flexibility index (Phi) is 11.2. The van der Waals surface area contributed by atoms with Crippen molar-refractivity contribution >= 4 is 14.2 Å². The minimum Gasteiger partial charge on any atom is -0.489 e. The Labute approximate surface area is 308 Å². The van der Waals surface area contributed by atoms with E-state index in [1.165, 1.54) is 44.1 Å². The Morgan fingerprint density at radius 1 is 0.863 bits per heavy atom. The van der Waals surface area contributed by atoms with Crippen LogP contribution in [0, 0.1) is 17.8 Å². The van der Waals surface area contributed by atoms with E-state index in [4.69, 9.17) is 9.16 Å². The number of ether oxygens (including phenoxy) is 1. The van der Waals surface area contributed by atoms with Crippen LogP contribution in [0.1, 0.15) is 107 Å². The first-order valence-corrected chi connectivity index (χ1v) is 22.2. The van der Waals surface area contributed by atoms with Gasteiger partial charge in [-0.05, 0) is 129 Å². The molecule has 0 unspecified atom stereocenters. The number of hydrogen-bond acceptors (Lipinski definition) is 5. The summed E-state index contributed by atoms with van der Waals surface area (Å²) in [5.74, 6) is 3.32. The third-order valence-electron chi connectivity index (χ3n) is 12.3. The van der Waals surface area contributed by atoms with Crippen molar-refractivity contribution in [2.24, 2.45) is 17.8 Å². The van der Waals surface area contributed by atoms with Crippen LogP contribution in [-0.4, -0.2) is 37.0 Å². The molecule has 0 saturated heterocycles. The van der Waals surface area contributed by atoms with Gasteiger partial charge in [0.25, 0.3) is 0 Å². The maximum absolute atomic E-state index is 13.4. The summed E-state index contributed by atoms with van der Waals surface area (Å²) < 4.78 is 13.2. The zero-order chi connectivity index (χ0) is 36.4. The summed E-state index contributed by atoms with van der Waals surface area (Å²) in [5.41, 5.74) is 5.00. The molecule has 3 aromatic rings. The molecule has 4 aliphatic rings. The summed E-state index contributed by atoms with van der Waals surface area (Å²) in [4.78, 5) is 13.4. The first-order chi connectivity index (χ1) is 24.1. The standard InChI is InChI=1S/C44H62N2O4Si/c1-42(2,3)51(6,7)50-40(37-16-17-39(38(23-37)29-47)49-30-31-12-9-8-10-13-31)28-45-43(4,5)24-33-15-11-14-32(18-33)22-41(48)46-44-25-34-19-35(26-44)21-36(20-34)27-44/h8-18,23,34-36,40,45,47H,19-22,24-30H2,1-7H3,(H,46,48)/t34?,35?,36?,40-,44?/m0/s1. The van der Waals surface area contributed by atoms with Crippen molar-refractivity contribution in [3.05, 3.63) is 101 Å². The van der Waals surface area contributed by atoms with Crippen molar-refractivity contribution in [1.29, 1.82) is 0 Å². The maximum Gasteiger partial charge on any atom is 0.224 e. The Balaban J connectivity index is 1.11. The fourth-order valence-electron chi connectivity index (χ4n) is 9.14. The number of benzene rings is 3. The van der Waals surface area contributed by atoms with Crippen LogP contribution in [0.25, 0.3) is 0 Å². The van der Waals surface area contributed by atoms with E-state index in [0.29, 0.717) is 25.3 Å². The SMILES string of the molecule is CC(C)(Cc1cccc(CC(=O)NC23CC4CC(CC(C4)C2)C3)c1)NC[C@H](O[Si](C)(C)C(C)(C)C)c1ccc(OCc2ccccc2)c(CO)c1. The third kappa shape index (κ3) is 9.53. The van der Waals surface area contributed by atoms with Gasteiger partial charge in [-0.2, -0.15) is 0 Å². The number of hydrogen-bond donors (Lipinski definition) is 3. The van der Waals surface area contributed by atoms with Crippen molar-refractivity contribution in [2.45, 2.75) is 135 Å². The molecule has 4 saturated carbocycles. The second-order valence-corrected chi connectivity index (χ2v) is 23.1. The minimum absolute atomic E-state index is 0.0434. The molecule has 0 heterocycles. The molecule has 3 aromatic carbocycles. The van der Waals surface area contributed by atoms with Crippen LogP contribution in [0.4, 0.5) is 0 Å². The first kappa shape index (κ1) is 37.8. The number of aliphatic hydroxyl groups excluding tert-OH is 1. The second-order valence-electron chi connectivity index (χ2n) is 18.4. The zero-order valence-electron chi connectivity index (χ0n) is 32.2. The normalized spacial score (nSPS) is 23.6. The van der Waals surface area contributed by atoms with Crippen molar-refractivity contribution < 1.29 is 19.1 Å². The molecule has 4 bridgehead atoms. The molecule has 3 N–H and O–H groups in total. The van der Waals surface area contributed by atoms with Crippen LogP contribution in [0.15, 0.2) is 72.8 Å². The average Bonchev–Trinajstić information content (AvgIpc) is 3.04. The lowest BCUT2D eigenvalue weighted by molar-refractivity contribution is -0.126. The van der Waals surface area contributed by atoms with E-state index in [0.717, 1.165) is 46.4 Å². The fourth-order valence-corrected chi connectivity index (χ4v) is 10.4. The van der Waals surface area contributed by atoms with Gasteiger partial charge in [0.05, 0.1) is 19.1 Å². The molecule has 0 aromatic heterocycles. The van der Waals surface area contributed by atoms with Crippen LogP contribution in [0.2, 0.25) is 18.1 Å². The molecule has 6 nitrogen and oxygen atoms in total. The monoisotopic (exact) mass is 710 g/mol. The molecule has 4 fully saturated rings. The van der Waals surface area contributed by atoms with Gasteiger partial charge < -0.3 is 24.9 Å². The molecular formula is C44H62N2O4Si. The van der Waals surface area contributed by atoms with Gasteiger partial charge in [0.1, 0.15) is 12.4 Å². The Morgan fingerprint density at radius 3 is 2.12 bits per heavy atom. The number of rotatable bonds is 15. The smallest absolute Gasteiger partial charge is 0.224 e. The topological polar surface area (TPSA) is 79.8 Å². The van der Waals surface area contributed by atoms with E-state index in [-0.39, 0.29) is 34.7 Å². The second kappa shape index (κ2) is 15.2. The van der Waals surface area contributed by atoms with Crippen LogP contribution in [-0.2, 0) is 35.3 Å². The highest BCUT2D eigenvalue weighted by molar-refractivity contribution is 6.74. The molecule has 0 radical (unpaired) electrons. The summed E-state index contributed by atoms with van der Waals surface area (Å²) in [6, 6.07) is 24.8. The number of amides is 1. The van der Waals surface area contributed by atoms with E-state index in [1.807, 2.05) is 42.5 Å². The quantitative estimate of drug-likeness (QED) is 0.137. The summed E-state index contributed by atoms with van der Waals surface area (Å²) in [5, 5.41) is 17.8. The maximum atomic E-state index is 13.4. The van der Waals surface area contributed by atoms with E-state index in [2.05, 4.69) is 88.7 Å². The average molecular weight is 711 g/mol. The summed E-state index contributed by atoms with van der Waals surface area (Å²) in [6.45, 7) is 16.8. The number of carbonyl (C=O) groups excluding carboxylic acids is 1. The number of aliphatic hydroxyl groups is 1. The fraction of sp³-hybridized carbons (Fsp3) is 0.568. The highest BCUT2D eigenvalue weighted by Gasteiger charge is 2.51. The van der Waals surface area contributed by atoms with Gasteiger partial charge in [-0.25, -0.2) is 0 Å². The van der Waals surface area contributed by atoms with Gasteiger partial charge in [-0.3, -0.25) is 4.79 Å². The van der Waals surface area contributed by atoms with Crippen LogP contribution in [0.5, 0.6) is 5.75 Å². The van der Waals surface area contributed by atoms with E-state index >= 15 is 0 Å². The van der Waals surface area contributed by atoms with Crippen LogP contribution < -0.4 is 15.4 Å². The van der Waals surface area contributed by atoms with Crippen molar-refractivity contribution in [2.75, 3.05) is 6.54 Å². The molecular weight excluding hydrogens is 649 g/mol. The number of nitrogens with one attached hydrogen (secondary N) is 2. The van der Waals surface area contributed by atoms with E-state index in [9.17, 15) is 9.90 Å². The van der Waals surface area contributed by atoms with Crippen LogP contribution in [0.3, 0.4) is 0 Å². The lowest BCUT2D eigenvalue weighted by Crippen LogP contribution is -2.60. The van der Waals surface area contributed by atoms with Gasteiger partial charge in [0.15, 0.2) is 8.32 Å². The Morgan fingerprint density at radius 2 is 1.49 bits per heavy atom. The summed E-state index contributed by atoms with van der Waals surface area (Å²) >= 11 is 0. The van der Waals surface area contributed by atoms with E-state index in [1.54, 1.807) is 0 Å². The van der Waals surface area contributed by atoms with Gasteiger partial charge in [0, 0.05) is 23.2 Å². The summed E-state index contributed by atoms with van der Waals surface area (Å²) in [6.07, 6.45) is 8.73. The van der Waals surface area contributed by atoms with Crippen molar-refractivity contribution in [3.63, 3.8) is 0 Å². The van der Waals surface area contributed by atoms with Gasteiger partial charge in [-0.15, -0.1) is 0 Å². The largest absolute Gasteiger partial charge is 0.489 e. The molecule has 7 heteroatoms. The molecule has 0 aliphatic heterocycles. The molecule has 0 spiro atoms. The molecule has 7 rings (SSSR count). The Hall–Kier alpha value is -2.97. The van der Waals surface area contributed by atoms with E-state index < -0.39 is 8.32 Å². The summed E-state index contributed by atoms with van der Waals surface area (Å²) in [7, 11) is -2.14. The molecule has 1 atom stereocenters. The highest BCUT2D eigenvalue weighted by Crippen LogP contribution is 2.55. The predicted octanol–water partition coefficient (Wildman–Crippen LogP) is 9.06. The van der Waals surface area contributed by atoms with Crippen molar-refractivity contribution in [1.82, 2.24) is 10.6 Å². The highest BCUT2D eigenvalue weighted by atomic mass is 28.4. The molecule has 1 amide bonds. The van der Waals surface area contributed by atoms with Gasteiger partial charge in [0.2, 0.25) is 5.91 Å². The molecule has 4 aliphatic carbocycles. The van der Waals surface area contributed by atoms with Gasteiger partial charge >= 0.3 is 0 Å². The molecule has 276 valence electrons.